The lowest BCUT2D eigenvalue weighted by atomic mass is 9.93. The lowest BCUT2D eigenvalue weighted by Gasteiger charge is -2.39. The van der Waals surface area contributed by atoms with Gasteiger partial charge in [0.05, 0.1) is 6.42 Å². The number of carbonyl (C=O) groups is 1. The van der Waals surface area contributed by atoms with Gasteiger partial charge >= 0.3 is 5.97 Å². The summed E-state index contributed by atoms with van der Waals surface area (Å²) in [6, 6.07) is 10.6. The van der Waals surface area contributed by atoms with E-state index < -0.39 is 5.97 Å². The van der Waals surface area contributed by atoms with E-state index in [2.05, 4.69) is 36.1 Å². The average molecular weight is 247 g/mol. The van der Waals surface area contributed by atoms with Crippen molar-refractivity contribution in [3.8, 4) is 0 Å². The van der Waals surface area contributed by atoms with Crippen molar-refractivity contribution in [1.29, 1.82) is 0 Å². The fourth-order valence-electron chi connectivity index (χ4n) is 2.56. The summed E-state index contributed by atoms with van der Waals surface area (Å²) in [6.07, 6.45) is 1.47. The number of nitrogens with zero attached hydrogens (tertiary/aromatic N) is 1. The second kappa shape index (κ2) is 6.01. The van der Waals surface area contributed by atoms with Gasteiger partial charge in [0.1, 0.15) is 0 Å². The van der Waals surface area contributed by atoms with Gasteiger partial charge in [-0.1, -0.05) is 37.3 Å². The summed E-state index contributed by atoms with van der Waals surface area (Å²) in [7, 11) is 0. The van der Waals surface area contributed by atoms with Crippen LogP contribution in [0.25, 0.3) is 0 Å². The van der Waals surface area contributed by atoms with Gasteiger partial charge < -0.3 is 10.0 Å². The summed E-state index contributed by atoms with van der Waals surface area (Å²) in [5.74, 6) is 0.275. The summed E-state index contributed by atoms with van der Waals surface area (Å²) >= 11 is 0. The Labute approximate surface area is 108 Å². The Bertz CT molecular complexity index is 385. The van der Waals surface area contributed by atoms with Crippen molar-refractivity contribution < 1.29 is 9.90 Å². The molecule has 1 aliphatic rings. The molecule has 1 aliphatic heterocycles. The predicted octanol–water partition coefficient (Wildman–Crippen LogP) is 2.59. The van der Waals surface area contributed by atoms with Crippen LogP contribution < -0.4 is 0 Å². The molecule has 1 saturated heterocycles. The van der Waals surface area contributed by atoms with E-state index in [0.717, 1.165) is 26.1 Å². The predicted molar refractivity (Wildman–Crippen MR) is 71.7 cm³/mol. The van der Waals surface area contributed by atoms with Gasteiger partial charge in [-0.05, 0) is 30.4 Å². The minimum atomic E-state index is -0.669. The molecule has 0 radical (unpaired) electrons. The van der Waals surface area contributed by atoms with E-state index in [0.29, 0.717) is 18.3 Å². The van der Waals surface area contributed by atoms with Gasteiger partial charge in [0.15, 0.2) is 0 Å². The molecule has 1 aromatic rings. The lowest BCUT2D eigenvalue weighted by Crippen LogP contribution is -2.47. The third-order valence-electron chi connectivity index (χ3n) is 3.74. The van der Waals surface area contributed by atoms with Crippen molar-refractivity contribution in [2.45, 2.75) is 25.7 Å². The Morgan fingerprint density at radius 2 is 2.06 bits per heavy atom. The van der Waals surface area contributed by atoms with Gasteiger partial charge in [-0.3, -0.25) is 4.79 Å². The largest absolute Gasteiger partial charge is 0.481 e. The molecule has 98 valence electrons. The Morgan fingerprint density at radius 3 is 2.67 bits per heavy atom. The molecule has 1 N–H and O–H groups in total. The number of likely N-dealkylation sites (tertiary alicyclic amines) is 1. The number of rotatable bonds is 6. The summed E-state index contributed by atoms with van der Waals surface area (Å²) in [4.78, 5) is 12.9. The van der Waals surface area contributed by atoms with Gasteiger partial charge in [-0.2, -0.15) is 0 Å². The maximum Gasteiger partial charge on any atom is 0.303 e. The van der Waals surface area contributed by atoms with Crippen LogP contribution in [0.4, 0.5) is 0 Å². The fourth-order valence-corrected chi connectivity index (χ4v) is 2.56. The number of benzene rings is 1. The smallest absolute Gasteiger partial charge is 0.303 e. The fraction of sp³-hybridized carbons (Fsp3) is 0.533. The first-order valence-electron chi connectivity index (χ1n) is 6.64. The van der Waals surface area contributed by atoms with Crippen LogP contribution in [-0.4, -0.2) is 35.6 Å². The van der Waals surface area contributed by atoms with Crippen LogP contribution in [0.2, 0.25) is 0 Å². The Hall–Kier alpha value is -1.35. The van der Waals surface area contributed by atoms with Crippen LogP contribution in [0, 0.1) is 5.92 Å². The summed E-state index contributed by atoms with van der Waals surface area (Å²) in [5, 5.41) is 8.68. The highest BCUT2D eigenvalue weighted by Gasteiger charge is 2.28. The van der Waals surface area contributed by atoms with Gasteiger partial charge in [0.2, 0.25) is 0 Å². The van der Waals surface area contributed by atoms with Gasteiger partial charge in [-0.25, -0.2) is 0 Å². The number of carboxylic acids is 1. The normalized spacial score (nSPS) is 18.3. The highest BCUT2D eigenvalue weighted by Crippen LogP contribution is 2.23. The van der Waals surface area contributed by atoms with E-state index in [1.54, 1.807) is 0 Å². The van der Waals surface area contributed by atoms with Crippen LogP contribution in [0.15, 0.2) is 30.3 Å². The molecule has 1 atom stereocenters. The van der Waals surface area contributed by atoms with Crippen LogP contribution in [-0.2, 0) is 4.79 Å². The molecule has 3 heteroatoms. The monoisotopic (exact) mass is 247 g/mol. The first-order chi connectivity index (χ1) is 8.65. The summed E-state index contributed by atoms with van der Waals surface area (Å²) in [6.45, 7) is 5.23. The number of hydrogen-bond donors (Lipinski definition) is 1. The minimum Gasteiger partial charge on any atom is -0.481 e. The molecule has 1 heterocycles. The zero-order chi connectivity index (χ0) is 13.0. The van der Waals surface area contributed by atoms with E-state index in [1.165, 1.54) is 5.56 Å². The van der Waals surface area contributed by atoms with Crippen molar-refractivity contribution in [2.24, 2.45) is 5.92 Å². The number of aliphatic carboxylic acids is 1. The maximum absolute atomic E-state index is 10.5. The Kier molecular flexibility index (Phi) is 4.37. The van der Waals surface area contributed by atoms with Crippen LogP contribution in [0.3, 0.4) is 0 Å². The first kappa shape index (κ1) is 13.1. The van der Waals surface area contributed by atoms with E-state index in [1.807, 2.05) is 6.07 Å². The lowest BCUT2D eigenvalue weighted by molar-refractivity contribution is -0.139. The van der Waals surface area contributed by atoms with Crippen molar-refractivity contribution in [3.05, 3.63) is 35.9 Å². The van der Waals surface area contributed by atoms with Gasteiger partial charge in [0.25, 0.3) is 0 Å². The highest BCUT2D eigenvalue weighted by atomic mass is 16.4. The summed E-state index contributed by atoms with van der Waals surface area (Å²) in [5.41, 5.74) is 1.39. The molecule has 1 fully saturated rings. The second-order valence-electron chi connectivity index (χ2n) is 5.32. The van der Waals surface area contributed by atoms with Crippen LogP contribution >= 0.6 is 0 Å². The van der Waals surface area contributed by atoms with E-state index >= 15 is 0 Å². The molecule has 1 unspecified atom stereocenters. The quantitative estimate of drug-likeness (QED) is 0.840. The molecule has 1 aromatic carbocycles. The third-order valence-corrected chi connectivity index (χ3v) is 3.74. The van der Waals surface area contributed by atoms with Crippen molar-refractivity contribution in [3.63, 3.8) is 0 Å². The molecular formula is C15H21NO2. The zero-order valence-corrected chi connectivity index (χ0v) is 10.9. The number of carboxylic acid groups (broad SMARTS) is 1. The van der Waals surface area contributed by atoms with Crippen molar-refractivity contribution in [1.82, 2.24) is 4.90 Å². The molecule has 0 amide bonds. The molecule has 0 saturated carbocycles. The molecule has 0 aromatic heterocycles. The van der Waals surface area contributed by atoms with Crippen molar-refractivity contribution >= 4 is 5.97 Å². The Balaban J connectivity index is 1.66. The summed E-state index contributed by atoms with van der Waals surface area (Å²) < 4.78 is 0. The molecule has 0 bridgehead atoms. The first-order valence-corrected chi connectivity index (χ1v) is 6.64. The van der Waals surface area contributed by atoms with Crippen LogP contribution in [0.1, 0.15) is 31.2 Å². The molecular weight excluding hydrogens is 226 g/mol. The van der Waals surface area contributed by atoms with Crippen LogP contribution in [0.5, 0.6) is 0 Å². The van der Waals surface area contributed by atoms with E-state index in [4.69, 9.17) is 5.11 Å². The SMILES string of the molecule is CC(CCN1CC(CC(=O)O)C1)c1ccccc1. The molecule has 2 rings (SSSR count). The molecule has 0 aliphatic carbocycles. The maximum atomic E-state index is 10.5. The third kappa shape index (κ3) is 3.57. The number of hydrogen-bond acceptors (Lipinski definition) is 2. The highest BCUT2D eigenvalue weighted by molar-refractivity contribution is 5.67. The van der Waals surface area contributed by atoms with Gasteiger partial charge in [0, 0.05) is 13.1 Å². The molecule has 18 heavy (non-hydrogen) atoms. The van der Waals surface area contributed by atoms with E-state index in [-0.39, 0.29) is 0 Å². The zero-order valence-electron chi connectivity index (χ0n) is 10.9. The van der Waals surface area contributed by atoms with Gasteiger partial charge in [-0.15, -0.1) is 0 Å². The molecule has 0 spiro atoms. The molecule has 3 nitrogen and oxygen atoms in total. The second-order valence-corrected chi connectivity index (χ2v) is 5.32. The average Bonchev–Trinajstić information content (AvgIpc) is 2.32. The minimum absolute atomic E-state index is 0.324. The standard InChI is InChI=1S/C15H21NO2/c1-12(14-5-3-2-4-6-14)7-8-16-10-13(11-16)9-15(17)18/h2-6,12-13H,7-11H2,1H3,(H,17,18). The topological polar surface area (TPSA) is 40.5 Å². The Morgan fingerprint density at radius 1 is 1.39 bits per heavy atom. The van der Waals surface area contributed by atoms with E-state index in [9.17, 15) is 4.79 Å². The van der Waals surface area contributed by atoms with Crippen molar-refractivity contribution in [2.75, 3.05) is 19.6 Å².